The zero-order chi connectivity index (χ0) is 14.9. The highest BCUT2D eigenvalue weighted by Crippen LogP contribution is 2.37. The van der Waals surface area contributed by atoms with Gasteiger partial charge in [-0.2, -0.15) is 11.8 Å². The Balaban J connectivity index is 1.75. The minimum absolute atomic E-state index is 0.0412. The van der Waals surface area contributed by atoms with E-state index in [1.54, 1.807) is 12.1 Å². The van der Waals surface area contributed by atoms with Crippen molar-refractivity contribution in [1.82, 2.24) is 4.72 Å². The van der Waals surface area contributed by atoms with Crippen molar-refractivity contribution in [2.75, 3.05) is 24.2 Å². The van der Waals surface area contributed by atoms with Crippen molar-refractivity contribution in [2.45, 2.75) is 42.2 Å². The summed E-state index contributed by atoms with van der Waals surface area (Å²) in [5.41, 5.74) is 2.17. The predicted molar refractivity (Wildman–Crippen MR) is 88.5 cm³/mol. The quantitative estimate of drug-likeness (QED) is 0.893. The van der Waals surface area contributed by atoms with Crippen molar-refractivity contribution < 1.29 is 8.42 Å². The number of nitrogens with one attached hydrogen (secondary N) is 2. The van der Waals surface area contributed by atoms with Crippen molar-refractivity contribution in [3.8, 4) is 0 Å². The third-order valence-electron chi connectivity index (χ3n) is 4.27. The zero-order valence-electron chi connectivity index (χ0n) is 12.3. The highest BCUT2D eigenvalue weighted by atomic mass is 32.2. The first-order valence-corrected chi connectivity index (χ1v) is 9.96. The average molecular weight is 326 g/mol. The monoisotopic (exact) mass is 326 g/mol. The van der Waals surface area contributed by atoms with Crippen LogP contribution < -0.4 is 10.0 Å². The second kappa shape index (κ2) is 5.82. The van der Waals surface area contributed by atoms with E-state index in [1.165, 1.54) is 12.0 Å². The lowest BCUT2D eigenvalue weighted by Gasteiger charge is -2.23. The number of hydrogen-bond acceptors (Lipinski definition) is 4. The molecular weight excluding hydrogens is 304 g/mol. The molecule has 2 aliphatic rings. The van der Waals surface area contributed by atoms with Gasteiger partial charge in [0, 0.05) is 23.5 Å². The maximum atomic E-state index is 12.5. The van der Waals surface area contributed by atoms with Gasteiger partial charge >= 0.3 is 0 Å². The van der Waals surface area contributed by atoms with Crippen LogP contribution in [0.3, 0.4) is 0 Å². The summed E-state index contributed by atoms with van der Waals surface area (Å²) >= 11 is 1.86. The van der Waals surface area contributed by atoms with Crippen LogP contribution in [0.4, 0.5) is 5.69 Å². The first-order chi connectivity index (χ1) is 9.99. The summed E-state index contributed by atoms with van der Waals surface area (Å²) in [6.45, 7) is 3.56. The van der Waals surface area contributed by atoms with Gasteiger partial charge in [0.2, 0.25) is 10.0 Å². The van der Waals surface area contributed by atoms with E-state index in [4.69, 9.17) is 0 Å². The summed E-state index contributed by atoms with van der Waals surface area (Å²) in [7, 11) is -3.42. The molecule has 2 N–H and O–H groups in total. The topological polar surface area (TPSA) is 58.2 Å². The van der Waals surface area contributed by atoms with Gasteiger partial charge in [0.15, 0.2) is 0 Å². The Morgan fingerprint density at radius 2 is 2.24 bits per heavy atom. The zero-order valence-corrected chi connectivity index (χ0v) is 13.9. The molecule has 0 saturated carbocycles. The summed E-state index contributed by atoms with van der Waals surface area (Å²) in [4.78, 5) is 0.363. The highest BCUT2D eigenvalue weighted by molar-refractivity contribution is 8.01. The molecule has 1 aromatic carbocycles. The van der Waals surface area contributed by atoms with Crippen molar-refractivity contribution in [1.29, 1.82) is 0 Å². The van der Waals surface area contributed by atoms with Crippen LogP contribution >= 0.6 is 11.8 Å². The highest BCUT2D eigenvalue weighted by Gasteiger charge is 2.31. The van der Waals surface area contributed by atoms with Crippen LogP contribution in [-0.2, 0) is 16.4 Å². The number of rotatable bonds is 4. The summed E-state index contributed by atoms with van der Waals surface area (Å²) in [5, 5.41) is 3.28. The molecule has 1 aromatic rings. The predicted octanol–water partition coefficient (Wildman–Crippen LogP) is 2.61. The molecule has 116 valence electrons. The maximum Gasteiger partial charge on any atom is 0.240 e. The Morgan fingerprint density at radius 1 is 1.38 bits per heavy atom. The van der Waals surface area contributed by atoms with Crippen molar-refractivity contribution in [3.05, 3.63) is 23.8 Å². The maximum absolute atomic E-state index is 12.5. The number of benzene rings is 1. The number of thioether (sulfide) groups is 1. The van der Waals surface area contributed by atoms with Crippen LogP contribution in [0.2, 0.25) is 0 Å². The average Bonchev–Trinajstić information content (AvgIpc) is 2.92. The van der Waals surface area contributed by atoms with Gasteiger partial charge in [0.05, 0.1) is 4.90 Å². The Hall–Kier alpha value is -0.720. The molecule has 2 aliphatic heterocycles. The molecular formula is C15H22N2O2S2. The molecule has 0 bridgehead atoms. The van der Waals surface area contributed by atoms with Crippen LogP contribution in [-0.4, -0.2) is 32.0 Å². The summed E-state index contributed by atoms with van der Waals surface area (Å²) in [6.07, 6.45) is 4.37. The van der Waals surface area contributed by atoms with Gasteiger partial charge < -0.3 is 5.32 Å². The Kier molecular flexibility index (Phi) is 4.21. The van der Waals surface area contributed by atoms with E-state index in [0.29, 0.717) is 11.4 Å². The number of aryl methyl sites for hydroxylation is 1. The van der Waals surface area contributed by atoms with Gasteiger partial charge in [-0.05, 0) is 56.1 Å². The second-order valence-electron chi connectivity index (χ2n) is 6.08. The van der Waals surface area contributed by atoms with E-state index in [9.17, 15) is 8.42 Å². The third kappa shape index (κ3) is 3.38. The molecule has 0 spiro atoms. The lowest BCUT2D eigenvalue weighted by atomic mass is 10.0. The molecule has 4 nitrogen and oxygen atoms in total. The van der Waals surface area contributed by atoms with E-state index >= 15 is 0 Å². The molecule has 3 rings (SSSR count). The standard InChI is InChI=1S/C15H22N2O2S2/c1-15(7-3-9-20-15)11-17-21(18,19)13-6-5-12-4-2-8-16-14(12)10-13/h5-6,10,16-17H,2-4,7-9,11H2,1H3. The van der Waals surface area contributed by atoms with E-state index < -0.39 is 10.0 Å². The van der Waals surface area contributed by atoms with Gasteiger partial charge in [-0.1, -0.05) is 6.07 Å². The van der Waals surface area contributed by atoms with E-state index in [0.717, 1.165) is 37.2 Å². The Morgan fingerprint density at radius 3 is 3.00 bits per heavy atom. The molecule has 21 heavy (non-hydrogen) atoms. The summed E-state index contributed by atoms with van der Waals surface area (Å²) < 4.78 is 27.8. The molecule has 0 radical (unpaired) electrons. The van der Waals surface area contributed by atoms with Crippen LogP contribution in [0, 0.1) is 0 Å². The number of anilines is 1. The summed E-state index contributed by atoms with van der Waals surface area (Å²) in [6, 6.07) is 5.42. The third-order valence-corrected chi connectivity index (χ3v) is 7.20. The molecule has 0 aromatic heterocycles. The van der Waals surface area contributed by atoms with Gasteiger partial charge in [-0.25, -0.2) is 13.1 Å². The normalized spacial score (nSPS) is 25.4. The number of sulfonamides is 1. The minimum Gasteiger partial charge on any atom is -0.385 e. The van der Waals surface area contributed by atoms with Crippen LogP contribution in [0.5, 0.6) is 0 Å². The second-order valence-corrected chi connectivity index (χ2v) is 9.53. The Bertz CT molecular complexity index is 623. The first kappa shape index (κ1) is 15.2. The fourth-order valence-electron chi connectivity index (χ4n) is 2.91. The smallest absolute Gasteiger partial charge is 0.240 e. The van der Waals surface area contributed by atoms with E-state index in [1.807, 2.05) is 17.8 Å². The number of fused-ring (bicyclic) bond motifs is 1. The lowest BCUT2D eigenvalue weighted by Crippen LogP contribution is -2.36. The van der Waals surface area contributed by atoms with Crippen LogP contribution in [0.15, 0.2) is 23.1 Å². The minimum atomic E-state index is -3.42. The van der Waals surface area contributed by atoms with Gasteiger partial charge in [-0.15, -0.1) is 0 Å². The first-order valence-electron chi connectivity index (χ1n) is 7.49. The molecule has 1 fully saturated rings. The van der Waals surface area contributed by atoms with Gasteiger partial charge in [-0.3, -0.25) is 0 Å². The van der Waals surface area contributed by atoms with Gasteiger partial charge in [0.1, 0.15) is 0 Å². The van der Waals surface area contributed by atoms with Crippen molar-refractivity contribution in [2.24, 2.45) is 0 Å². The SMILES string of the molecule is CC1(CNS(=O)(=O)c2ccc3c(c2)NCCC3)CCCS1. The number of hydrogen-bond donors (Lipinski definition) is 2. The molecule has 1 unspecified atom stereocenters. The molecule has 0 amide bonds. The molecule has 2 heterocycles. The largest absolute Gasteiger partial charge is 0.385 e. The van der Waals surface area contributed by atoms with Gasteiger partial charge in [0.25, 0.3) is 0 Å². The summed E-state index contributed by atoms with van der Waals surface area (Å²) in [5.74, 6) is 1.13. The molecule has 1 saturated heterocycles. The Labute approximate surface area is 131 Å². The van der Waals surface area contributed by atoms with Crippen molar-refractivity contribution in [3.63, 3.8) is 0 Å². The van der Waals surface area contributed by atoms with Crippen molar-refractivity contribution >= 4 is 27.5 Å². The van der Waals surface area contributed by atoms with Crippen LogP contribution in [0.25, 0.3) is 0 Å². The molecule has 1 atom stereocenters. The fraction of sp³-hybridized carbons (Fsp3) is 0.600. The van der Waals surface area contributed by atoms with E-state index in [2.05, 4.69) is 17.0 Å². The van der Waals surface area contributed by atoms with Crippen LogP contribution in [0.1, 0.15) is 31.7 Å². The fourth-order valence-corrected chi connectivity index (χ4v) is 5.45. The molecule has 0 aliphatic carbocycles. The van der Waals surface area contributed by atoms with E-state index in [-0.39, 0.29) is 4.75 Å². The molecule has 6 heteroatoms. The lowest BCUT2D eigenvalue weighted by molar-refractivity contribution is 0.552.